The molecule has 8 aromatic carbocycles. The molecule has 470 valence electrons. The standard InChI is InChI=1S/C68H80N2O18/c71-23-27-77-31-35-81-39-43-85-59-13-5-11-57(67(59)87-45-41-83-37-33-79-29-25-73)63(69-47-53-21-19-51-17-15-49-7-1-3-9-55(49)61(51)65(53)75)64(70-48-54-22-20-52-18-16-50-8-2-4-10-56(50)62(52)66(54)76)58-12-6-14-60(86-44-40-82-36-32-78-28-24-72)68(58)88-46-42-84-38-34-80-30-26-74/h1-22,47-48,63-64,71-76H,23-46H2/t63-,64-/m1/s1. The molecule has 0 aliphatic rings. The Morgan fingerprint density at radius 2 is 0.614 bits per heavy atom. The number of aliphatic hydroxyl groups is 4. The van der Waals surface area contributed by atoms with Gasteiger partial charge in [0.05, 0.1) is 132 Å². The number of rotatable bonds is 43. The number of phenols is 2. The van der Waals surface area contributed by atoms with Gasteiger partial charge in [-0.2, -0.15) is 0 Å². The molecule has 0 fully saturated rings. The van der Waals surface area contributed by atoms with Gasteiger partial charge in [-0.3, -0.25) is 9.98 Å². The predicted molar refractivity (Wildman–Crippen MR) is 337 cm³/mol. The second kappa shape index (κ2) is 37.3. The average molecular weight is 1210 g/mol. The average Bonchev–Trinajstić information content (AvgIpc) is 2.26. The Morgan fingerprint density at radius 1 is 0.307 bits per heavy atom. The number of hydrogen-bond acceptors (Lipinski definition) is 20. The minimum Gasteiger partial charge on any atom is -0.507 e. The lowest BCUT2D eigenvalue weighted by molar-refractivity contribution is 0.0221. The summed E-state index contributed by atoms with van der Waals surface area (Å²) in [6.07, 6.45) is 3.25. The van der Waals surface area contributed by atoms with Crippen molar-refractivity contribution in [3.63, 3.8) is 0 Å². The molecule has 0 heterocycles. The van der Waals surface area contributed by atoms with E-state index in [2.05, 4.69) is 0 Å². The fraction of sp³-hybridized carbons (Fsp3) is 0.382. The van der Waals surface area contributed by atoms with E-state index in [1.54, 1.807) is 24.6 Å². The topological polar surface area (TPSA) is 257 Å². The third kappa shape index (κ3) is 19.2. The van der Waals surface area contributed by atoms with Crippen molar-refractivity contribution in [2.24, 2.45) is 9.98 Å². The monoisotopic (exact) mass is 1210 g/mol. The van der Waals surface area contributed by atoms with Gasteiger partial charge in [-0.1, -0.05) is 109 Å². The van der Waals surface area contributed by atoms with Gasteiger partial charge in [0.15, 0.2) is 23.0 Å². The molecule has 8 rings (SSSR count). The molecule has 0 aromatic heterocycles. The van der Waals surface area contributed by atoms with Crippen LogP contribution in [0.25, 0.3) is 43.1 Å². The van der Waals surface area contributed by atoms with E-state index in [1.807, 2.05) is 121 Å². The minimum absolute atomic E-state index is 0.0176. The van der Waals surface area contributed by atoms with E-state index >= 15 is 0 Å². The zero-order valence-electron chi connectivity index (χ0n) is 49.5. The van der Waals surface area contributed by atoms with E-state index in [4.69, 9.17) is 66.8 Å². The molecule has 0 amide bonds. The van der Waals surface area contributed by atoms with Crippen molar-refractivity contribution in [3.8, 4) is 34.5 Å². The maximum Gasteiger partial charge on any atom is 0.166 e. The smallest absolute Gasteiger partial charge is 0.166 e. The maximum atomic E-state index is 12.4. The predicted octanol–water partition coefficient (Wildman–Crippen LogP) is 8.35. The van der Waals surface area contributed by atoms with E-state index in [-0.39, 0.29) is 170 Å². The summed E-state index contributed by atoms with van der Waals surface area (Å²) in [4.78, 5) is 10.9. The number of aliphatic hydroxyl groups excluding tert-OH is 4. The second-order valence-electron chi connectivity index (χ2n) is 19.8. The number of para-hydroxylation sites is 2. The Morgan fingerprint density at radius 3 is 0.977 bits per heavy atom. The van der Waals surface area contributed by atoms with Gasteiger partial charge in [-0.05, 0) is 56.6 Å². The SMILES string of the molecule is OCCOCCOCCOc1cccc([C@@H](N=Cc2ccc3ccc4ccccc4c3c2O)[C@H](N=Cc2ccc3ccc4ccccc4c3c2O)c2cccc(OCCOCCOCCO)c2OCCOCCOCCO)c1OCCOCCOCCO. The number of ether oxygens (including phenoxy) is 12. The van der Waals surface area contributed by atoms with Crippen molar-refractivity contribution < 1.29 is 87.5 Å². The Hall–Kier alpha value is -7.54. The first-order valence-corrected chi connectivity index (χ1v) is 29.6. The Balaban J connectivity index is 1.30. The first-order valence-electron chi connectivity index (χ1n) is 29.6. The number of hydrogen-bond donors (Lipinski definition) is 6. The summed E-state index contributed by atoms with van der Waals surface area (Å²) in [6, 6.07) is 40.0. The number of aliphatic imine (C=N–C) groups is 2. The van der Waals surface area contributed by atoms with Crippen LogP contribution in [0.5, 0.6) is 34.5 Å². The molecule has 8 aromatic rings. The molecule has 0 aliphatic carbocycles. The van der Waals surface area contributed by atoms with Crippen LogP contribution in [0.4, 0.5) is 0 Å². The van der Waals surface area contributed by atoms with Crippen LogP contribution < -0.4 is 18.9 Å². The number of aromatic hydroxyl groups is 2. The first kappa shape index (κ1) is 66.4. The Kier molecular flexibility index (Phi) is 28.2. The lowest BCUT2D eigenvalue weighted by Gasteiger charge is -2.27. The van der Waals surface area contributed by atoms with Crippen molar-refractivity contribution in [1.29, 1.82) is 0 Å². The summed E-state index contributed by atoms with van der Waals surface area (Å²) in [7, 11) is 0. The molecular formula is C68H80N2O18. The van der Waals surface area contributed by atoms with Gasteiger partial charge in [0.25, 0.3) is 0 Å². The highest BCUT2D eigenvalue weighted by Crippen LogP contribution is 2.48. The normalized spacial score (nSPS) is 12.5. The number of phenolic OH excluding ortho intramolecular Hbond substituents is 2. The molecule has 0 aliphatic heterocycles. The lowest BCUT2D eigenvalue weighted by Crippen LogP contribution is -2.18. The first-order chi connectivity index (χ1) is 43.4. The van der Waals surface area contributed by atoms with E-state index < -0.39 is 12.1 Å². The van der Waals surface area contributed by atoms with Gasteiger partial charge in [-0.25, -0.2) is 0 Å². The molecule has 2 atom stereocenters. The molecule has 0 bridgehead atoms. The van der Waals surface area contributed by atoms with Crippen molar-refractivity contribution >= 4 is 55.5 Å². The summed E-state index contributed by atoms with van der Waals surface area (Å²) in [6.45, 7) is 3.42. The van der Waals surface area contributed by atoms with Crippen LogP contribution in [-0.2, 0) is 37.9 Å². The van der Waals surface area contributed by atoms with Crippen LogP contribution >= 0.6 is 0 Å². The molecule has 6 N–H and O–H groups in total. The largest absolute Gasteiger partial charge is 0.507 e. The van der Waals surface area contributed by atoms with Crippen molar-refractivity contribution in [2.75, 3.05) is 159 Å². The Labute approximate surface area is 511 Å². The summed E-state index contributed by atoms with van der Waals surface area (Å²) >= 11 is 0. The lowest BCUT2D eigenvalue weighted by atomic mass is 9.91. The number of nitrogens with zero attached hydrogens (tertiary/aromatic N) is 2. The molecule has 0 spiro atoms. The number of benzene rings is 8. The van der Waals surface area contributed by atoms with Gasteiger partial charge in [-0.15, -0.1) is 0 Å². The Bertz CT molecular complexity index is 3210. The van der Waals surface area contributed by atoms with Gasteiger partial charge < -0.3 is 87.5 Å². The molecule has 0 saturated carbocycles. The fourth-order valence-electron chi connectivity index (χ4n) is 9.82. The highest BCUT2D eigenvalue weighted by atomic mass is 16.6. The summed E-state index contributed by atoms with van der Waals surface area (Å²) in [5, 5.41) is 68.2. The van der Waals surface area contributed by atoms with Crippen LogP contribution in [0, 0.1) is 0 Å². The van der Waals surface area contributed by atoms with Crippen LogP contribution in [0.2, 0.25) is 0 Å². The van der Waals surface area contributed by atoms with Crippen LogP contribution in [0.1, 0.15) is 34.3 Å². The van der Waals surface area contributed by atoms with E-state index in [0.29, 0.717) is 56.0 Å². The molecule has 0 saturated heterocycles. The van der Waals surface area contributed by atoms with E-state index in [0.717, 1.165) is 32.3 Å². The molecular weight excluding hydrogens is 1130 g/mol. The van der Waals surface area contributed by atoms with Crippen molar-refractivity contribution in [3.05, 3.63) is 156 Å². The summed E-state index contributed by atoms with van der Waals surface area (Å²) in [5.74, 6) is 1.34. The fourth-order valence-corrected chi connectivity index (χ4v) is 9.82. The van der Waals surface area contributed by atoms with Crippen molar-refractivity contribution in [1.82, 2.24) is 0 Å². The zero-order valence-corrected chi connectivity index (χ0v) is 49.5. The quantitative estimate of drug-likeness (QED) is 0.0119. The summed E-state index contributed by atoms with van der Waals surface area (Å²) in [5.41, 5.74) is 1.83. The molecule has 88 heavy (non-hydrogen) atoms. The molecule has 0 radical (unpaired) electrons. The third-order valence-electron chi connectivity index (χ3n) is 13.9. The molecule has 20 heteroatoms. The molecule has 0 unspecified atom stereocenters. The summed E-state index contributed by atoms with van der Waals surface area (Å²) < 4.78 is 71.7. The van der Waals surface area contributed by atoms with Gasteiger partial charge in [0, 0.05) is 45.5 Å². The molecule has 20 nitrogen and oxygen atoms in total. The third-order valence-corrected chi connectivity index (χ3v) is 13.9. The highest BCUT2D eigenvalue weighted by molar-refractivity contribution is 6.14. The van der Waals surface area contributed by atoms with Crippen LogP contribution in [0.15, 0.2) is 143 Å². The maximum absolute atomic E-state index is 12.4. The number of fused-ring (bicyclic) bond motifs is 6. The second-order valence-corrected chi connectivity index (χ2v) is 19.8. The van der Waals surface area contributed by atoms with Crippen LogP contribution in [-0.4, -0.2) is 202 Å². The van der Waals surface area contributed by atoms with Gasteiger partial charge in [0.1, 0.15) is 50.0 Å². The van der Waals surface area contributed by atoms with Gasteiger partial charge >= 0.3 is 0 Å². The van der Waals surface area contributed by atoms with Crippen LogP contribution in [0.3, 0.4) is 0 Å². The highest BCUT2D eigenvalue weighted by Gasteiger charge is 2.32. The zero-order chi connectivity index (χ0) is 61.4. The van der Waals surface area contributed by atoms with E-state index in [1.165, 1.54) is 0 Å². The van der Waals surface area contributed by atoms with E-state index in [9.17, 15) is 30.6 Å². The minimum atomic E-state index is -1.06. The van der Waals surface area contributed by atoms with Crippen molar-refractivity contribution in [2.45, 2.75) is 12.1 Å². The van der Waals surface area contributed by atoms with Gasteiger partial charge in [0.2, 0.25) is 0 Å².